The maximum absolute atomic E-state index is 9.44. The first-order valence-electron chi connectivity index (χ1n) is 9.34. The van der Waals surface area contributed by atoms with Gasteiger partial charge in [0.15, 0.2) is 5.70 Å². The zero-order valence-corrected chi connectivity index (χ0v) is 16.2. The maximum Gasteiger partial charge on any atom is 0.150 e. The predicted molar refractivity (Wildman–Crippen MR) is 104 cm³/mol. The fourth-order valence-electron chi connectivity index (χ4n) is 4.02. The Balaban J connectivity index is 1.58. The fraction of sp³-hybridized carbons (Fsp3) is 0.455. The molecule has 0 aromatic heterocycles. The summed E-state index contributed by atoms with van der Waals surface area (Å²) >= 11 is 0. The molecule has 0 N–H and O–H groups in total. The van der Waals surface area contributed by atoms with Crippen LogP contribution in [0.3, 0.4) is 0 Å². The van der Waals surface area contributed by atoms with Crippen molar-refractivity contribution in [3.8, 4) is 17.9 Å². The first kappa shape index (κ1) is 18.9. The third-order valence-electron chi connectivity index (χ3n) is 5.49. The van der Waals surface area contributed by atoms with Gasteiger partial charge in [-0.05, 0) is 48.3 Å². The Morgan fingerprint density at radius 3 is 2.26 bits per heavy atom. The highest BCUT2D eigenvalue weighted by Gasteiger charge is 2.35. The van der Waals surface area contributed by atoms with Crippen molar-refractivity contribution in [2.75, 3.05) is 27.7 Å². The van der Waals surface area contributed by atoms with Gasteiger partial charge in [0.2, 0.25) is 0 Å². The molecule has 1 aromatic carbocycles. The van der Waals surface area contributed by atoms with Crippen LogP contribution in [0.5, 0.6) is 5.75 Å². The number of ether oxygens (including phenoxy) is 1. The van der Waals surface area contributed by atoms with Crippen molar-refractivity contribution in [3.05, 3.63) is 53.4 Å². The number of hydrogen-bond donors (Lipinski definition) is 0. The number of allylic oxidation sites excluding steroid dienone is 4. The van der Waals surface area contributed by atoms with Gasteiger partial charge in [-0.25, -0.2) is 0 Å². The van der Waals surface area contributed by atoms with Gasteiger partial charge in [0.25, 0.3) is 0 Å². The van der Waals surface area contributed by atoms with Gasteiger partial charge in [-0.15, -0.1) is 0 Å². The molecule has 0 amide bonds. The molecule has 2 aliphatic carbocycles. The number of nitrogens with zero attached hydrogens (tertiary/aromatic N) is 4. The van der Waals surface area contributed by atoms with E-state index in [-0.39, 0.29) is 0 Å². The minimum absolute atomic E-state index is 0.361. The molecule has 0 radical (unpaired) electrons. The van der Waals surface area contributed by atoms with Gasteiger partial charge in [-0.3, -0.25) is 0 Å². The summed E-state index contributed by atoms with van der Waals surface area (Å²) in [4.78, 5) is 3.47. The van der Waals surface area contributed by atoms with E-state index in [1.165, 1.54) is 12.8 Å². The summed E-state index contributed by atoms with van der Waals surface area (Å²) in [6.07, 6.45) is 7.25. The third kappa shape index (κ3) is 4.26. The summed E-state index contributed by atoms with van der Waals surface area (Å²) in [6.45, 7) is 1.33. The van der Waals surface area contributed by atoms with E-state index in [9.17, 15) is 10.5 Å². The summed E-state index contributed by atoms with van der Waals surface area (Å²) in [6, 6.07) is 12.2. The van der Waals surface area contributed by atoms with Crippen LogP contribution in [0.2, 0.25) is 0 Å². The van der Waals surface area contributed by atoms with E-state index in [0.29, 0.717) is 29.8 Å². The highest BCUT2D eigenvalue weighted by atomic mass is 16.5. The molecule has 0 spiro atoms. The number of benzene rings is 1. The molecule has 2 bridgehead atoms. The molecule has 1 aromatic rings. The molecular weight excluding hydrogens is 336 g/mol. The van der Waals surface area contributed by atoms with Crippen LogP contribution >= 0.6 is 0 Å². The molecule has 0 aliphatic heterocycles. The molecule has 5 nitrogen and oxygen atoms in total. The Labute approximate surface area is 161 Å². The van der Waals surface area contributed by atoms with E-state index in [2.05, 4.69) is 24.3 Å². The molecule has 3 atom stereocenters. The van der Waals surface area contributed by atoms with Crippen LogP contribution < -0.4 is 4.74 Å². The van der Waals surface area contributed by atoms with Crippen molar-refractivity contribution in [2.24, 2.45) is 17.8 Å². The summed E-state index contributed by atoms with van der Waals surface area (Å²) in [5.41, 5.74) is 1.79. The van der Waals surface area contributed by atoms with Gasteiger partial charge in [-0.2, -0.15) is 10.5 Å². The lowest BCUT2D eigenvalue weighted by atomic mass is 9.95. The van der Waals surface area contributed by atoms with Crippen LogP contribution in [-0.4, -0.2) is 37.5 Å². The second-order valence-electron chi connectivity index (χ2n) is 7.67. The summed E-state index contributed by atoms with van der Waals surface area (Å²) in [5.74, 6) is 2.99. The lowest BCUT2D eigenvalue weighted by Crippen LogP contribution is -2.22. The Morgan fingerprint density at radius 1 is 1.04 bits per heavy atom. The molecule has 1 unspecified atom stereocenters. The van der Waals surface area contributed by atoms with Crippen molar-refractivity contribution >= 4 is 0 Å². The van der Waals surface area contributed by atoms with Crippen LogP contribution in [0.15, 0.2) is 47.8 Å². The highest BCUT2D eigenvalue weighted by molar-refractivity contribution is 5.35. The van der Waals surface area contributed by atoms with Crippen molar-refractivity contribution < 1.29 is 4.74 Å². The van der Waals surface area contributed by atoms with Crippen molar-refractivity contribution in [1.29, 1.82) is 10.5 Å². The van der Waals surface area contributed by atoms with Crippen LogP contribution in [0.25, 0.3) is 0 Å². The van der Waals surface area contributed by atoms with E-state index < -0.39 is 0 Å². The van der Waals surface area contributed by atoms with Crippen LogP contribution in [-0.2, 0) is 6.54 Å². The third-order valence-corrected chi connectivity index (χ3v) is 5.49. The van der Waals surface area contributed by atoms with E-state index >= 15 is 0 Å². The second kappa shape index (κ2) is 8.18. The van der Waals surface area contributed by atoms with Crippen molar-refractivity contribution in [2.45, 2.75) is 19.4 Å². The minimum atomic E-state index is 0.361. The minimum Gasteiger partial charge on any atom is -0.493 e. The normalized spacial score (nSPS) is 23.4. The van der Waals surface area contributed by atoms with Crippen LogP contribution in [0.4, 0.5) is 0 Å². The van der Waals surface area contributed by atoms with Gasteiger partial charge >= 0.3 is 0 Å². The molecular formula is C22H26N4O. The highest BCUT2D eigenvalue weighted by Crippen LogP contribution is 2.43. The molecule has 140 valence electrons. The summed E-state index contributed by atoms with van der Waals surface area (Å²) in [7, 11) is 5.36. The van der Waals surface area contributed by atoms with Gasteiger partial charge in [-0.1, -0.05) is 24.3 Å². The standard InChI is InChI=1S/C22H26N4O/c1-25(2)21(12-23)22(13-24)26(3)14-16-5-8-20(9-6-16)27-15-19-11-17-4-7-18(19)10-17/h4-9,17-19H,10-11,14-15H2,1-3H3/b22-21-/t17-,18+,19?/m1/s1. The Hall–Kier alpha value is -2.92. The molecule has 1 fully saturated rings. The maximum atomic E-state index is 9.44. The van der Waals surface area contributed by atoms with Gasteiger partial charge in [0, 0.05) is 27.7 Å². The second-order valence-corrected chi connectivity index (χ2v) is 7.67. The van der Waals surface area contributed by atoms with E-state index in [0.717, 1.165) is 23.8 Å². The molecule has 27 heavy (non-hydrogen) atoms. The monoisotopic (exact) mass is 362 g/mol. The Kier molecular flexibility index (Phi) is 5.72. The number of fused-ring (bicyclic) bond motifs is 2. The Bertz CT molecular complexity index is 810. The zero-order chi connectivity index (χ0) is 19.4. The van der Waals surface area contributed by atoms with Crippen LogP contribution in [0, 0.1) is 40.4 Å². The van der Waals surface area contributed by atoms with Gasteiger partial charge in [0.1, 0.15) is 23.6 Å². The lowest BCUT2D eigenvalue weighted by Gasteiger charge is -2.22. The molecule has 0 heterocycles. The SMILES string of the molecule is CN(C)/C(C#N)=C(/C#N)N(C)Cc1ccc(OCC2C[C@@H]3C=C[C@H]2C3)cc1. The summed E-state index contributed by atoms with van der Waals surface area (Å²) < 4.78 is 6.00. The van der Waals surface area contributed by atoms with Gasteiger partial charge < -0.3 is 14.5 Å². The number of nitriles is 2. The predicted octanol–water partition coefficient (Wildman–Crippen LogP) is 3.53. The molecule has 2 aliphatic rings. The molecule has 1 saturated carbocycles. The van der Waals surface area contributed by atoms with Crippen LogP contribution in [0.1, 0.15) is 18.4 Å². The zero-order valence-electron chi connectivity index (χ0n) is 16.2. The van der Waals surface area contributed by atoms with Crippen molar-refractivity contribution in [1.82, 2.24) is 9.80 Å². The number of rotatable bonds is 7. The fourth-order valence-corrected chi connectivity index (χ4v) is 4.02. The van der Waals surface area contributed by atoms with Gasteiger partial charge in [0.05, 0.1) is 6.61 Å². The smallest absolute Gasteiger partial charge is 0.150 e. The molecule has 5 heteroatoms. The first-order valence-corrected chi connectivity index (χ1v) is 9.34. The quantitative estimate of drug-likeness (QED) is 0.548. The van der Waals surface area contributed by atoms with E-state index in [1.54, 1.807) is 23.9 Å². The van der Waals surface area contributed by atoms with E-state index in [1.807, 2.05) is 31.3 Å². The molecule has 0 saturated heterocycles. The lowest BCUT2D eigenvalue weighted by molar-refractivity contribution is 0.227. The molecule has 3 rings (SSSR count). The first-order chi connectivity index (χ1) is 13.0. The summed E-state index contributed by atoms with van der Waals surface area (Å²) in [5, 5.41) is 18.7. The average Bonchev–Trinajstić information content (AvgIpc) is 3.28. The van der Waals surface area contributed by atoms with Crippen molar-refractivity contribution in [3.63, 3.8) is 0 Å². The largest absolute Gasteiger partial charge is 0.493 e. The van der Waals surface area contributed by atoms with E-state index in [4.69, 9.17) is 4.74 Å². The topological polar surface area (TPSA) is 63.3 Å². The number of hydrogen-bond acceptors (Lipinski definition) is 5. The Morgan fingerprint density at radius 2 is 1.74 bits per heavy atom. The average molecular weight is 362 g/mol.